The molecule has 33 heavy (non-hydrogen) atoms. The molecule has 8 nitrogen and oxygen atoms in total. The molecule has 182 valence electrons. The number of hydrogen-bond acceptors (Lipinski definition) is 5. The number of fused-ring (bicyclic) bond motifs is 1. The largest absolute Gasteiger partial charge is 0.471 e. The maximum atomic E-state index is 12.8. The Kier molecular flexibility index (Phi) is 7.70. The number of nitrogen functional groups attached to an aromatic ring is 1. The predicted molar refractivity (Wildman–Crippen MR) is 115 cm³/mol. The Bertz CT molecular complexity index is 898. The first kappa shape index (κ1) is 24.7. The second-order valence-electron chi connectivity index (χ2n) is 8.49. The van der Waals surface area contributed by atoms with Gasteiger partial charge in [-0.2, -0.15) is 13.2 Å². The fourth-order valence-electron chi connectivity index (χ4n) is 4.37. The number of rotatable bonds is 4. The molecule has 3 N–H and O–H groups in total. The Morgan fingerprint density at radius 3 is 2.24 bits per heavy atom. The monoisotopic (exact) mass is 470 g/mol. The Balaban J connectivity index is 1.53. The average molecular weight is 470 g/mol. The highest BCUT2D eigenvalue weighted by Gasteiger charge is 2.42. The van der Waals surface area contributed by atoms with E-state index in [-0.39, 0.29) is 37.9 Å². The van der Waals surface area contributed by atoms with E-state index in [0.29, 0.717) is 43.2 Å². The van der Waals surface area contributed by atoms with Gasteiger partial charge >= 0.3 is 18.2 Å². The third kappa shape index (κ3) is 6.29. The van der Waals surface area contributed by atoms with Crippen LogP contribution in [0.15, 0.2) is 12.1 Å². The van der Waals surface area contributed by atoms with Crippen molar-refractivity contribution in [2.24, 2.45) is 5.92 Å². The molecule has 1 saturated heterocycles. The number of anilines is 2. The van der Waals surface area contributed by atoms with Crippen molar-refractivity contribution in [2.45, 2.75) is 44.7 Å². The average Bonchev–Trinajstić information content (AvgIpc) is 2.98. The van der Waals surface area contributed by atoms with Crippen molar-refractivity contribution in [3.8, 4) is 0 Å². The lowest BCUT2D eigenvalue weighted by molar-refractivity contribution is -0.185. The zero-order valence-electron chi connectivity index (χ0n) is 18.5. The van der Waals surface area contributed by atoms with Crippen LogP contribution in [-0.2, 0) is 27.2 Å². The number of piperidine rings is 1. The molecule has 2 aliphatic heterocycles. The number of halogens is 3. The van der Waals surface area contributed by atoms with E-state index in [0.717, 1.165) is 28.9 Å². The van der Waals surface area contributed by atoms with Crippen LogP contribution < -0.4 is 11.1 Å². The summed E-state index contributed by atoms with van der Waals surface area (Å²) in [6.07, 6.45) is -2.14. The minimum atomic E-state index is -4.90. The van der Waals surface area contributed by atoms with Crippen molar-refractivity contribution in [2.75, 3.05) is 44.3 Å². The third-order valence-electron chi connectivity index (χ3n) is 6.30. The van der Waals surface area contributed by atoms with E-state index in [2.05, 4.69) is 5.32 Å². The number of amides is 3. The highest BCUT2D eigenvalue weighted by molar-refractivity contribution is 5.94. The lowest BCUT2D eigenvalue weighted by atomic mass is 9.92. The molecular formula is C22H29F3N4O4. The number of carbonyl (C=O) groups is 3. The summed E-state index contributed by atoms with van der Waals surface area (Å²) in [7, 11) is 1.35. The molecule has 1 aromatic rings. The molecule has 0 radical (unpaired) electrons. The van der Waals surface area contributed by atoms with Gasteiger partial charge in [0.25, 0.3) is 0 Å². The minimum absolute atomic E-state index is 0.0364. The van der Waals surface area contributed by atoms with Gasteiger partial charge in [0.05, 0.1) is 18.5 Å². The van der Waals surface area contributed by atoms with E-state index in [9.17, 15) is 27.6 Å². The number of hydrogen-bond donors (Lipinski definition) is 2. The van der Waals surface area contributed by atoms with Crippen LogP contribution in [0.1, 0.15) is 36.8 Å². The van der Waals surface area contributed by atoms with Crippen molar-refractivity contribution < 1.29 is 32.3 Å². The third-order valence-corrected chi connectivity index (χ3v) is 6.30. The number of nitrogens with one attached hydrogen (secondary N) is 1. The summed E-state index contributed by atoms with van der Waals surface area (Å²) in [5.74, 6) is -1.70. The van der Waals surface area contributed by atoms with Gasteiger partial charge in [-0.15, -0.1) is 0 Å². The van der Waals surface area contributed by atoms with Crippen LogP contribution in [0.5, 0.6) is 0 Å². The van der Waals surface area contributed by atoms with Crippen molar-refractivity contribution in [1.82, 2.24) is 9.80 Å². The molecule has 0 atom stereocenters. The number of alkyl halides is 3. The van der Waals surface area contributed by atoms with Gasteiger partial charge in [0.15, 0.2) is 0 Å². The topological polar surface area (TPSA) is 105 Å². The van der Waals surface area contributed by atoms with Crippen molar-refractivity contribution in [3.05, 3.63) is 23.3 Å². The van der Waals surface area contributed by atoms with Crippen LogP contribution in [0, 0.1) is 5.92 Å². The van der Waals surface area contributed by atoms with Gasteiger partial charge in [0, 0.05) is 32.6 Å². The number of nitrogens with two attached hydrogens (primary N) is 1. The lowest BCUT2D eigenvalue weighted by Crippen LogP contribution is -2.42. The number of benzene rings is 1. The molecule has 2 aliphatic rings. The summed E-state index contributed by atoms with van der Waals surface area (Å²) < 4.78 is 43.0. The maximum absolute atomic E-state index is 12.8. The fraction of sp³-hybridized carbons (Fsp3) is 0.591. The first-order valence-corrected chi connectivity index (χ1v) is 11.0. The van der Waals surface area contributed by atoms with E-state index in [1.807, 2.05) is 0 Å². The predicted octanol–water partition coefficient (Wildman–Crippen LogP) is 2.96. The number of likely N-dealkylation sites (tertiary alicyclic amines) is 1. The van der Waals surface area contributed by atoms with E-state index in [4.69, 9.17) is 10.5 Å². The molecule has 2 heterocycles. The number of carbonyl (C=O) groups excluding carboxylic acids is 3. The summed E-state index contributed by atoms with van der Waals surface area (Å²) >= 11 is 0. The molecular weight excluding hydrogens is 441 g/mol. The molecule has 0 bridgehead atoms. The molecule has 0 saturated carbocycles. The van der Waals surface area contributed by atoms with Gasteiger partial charge < -0.3 is 25.6 Å². The quantitative estimate of drug-likeness (QED) is 0.659. The molecule has 0 aromatic heterocycles. The second-order valence-corrected chi connectivity index (χ2v) is 8.49. The van der Waals surface area contributed by atoms with Crippen molar-refractivity contribution in [1.29, 1.82) is 0 Å². The zero-order valence-corrected chi connectivity index (χ0v) is 18.5. The second kappa shape index (κ2) is 10.3. The van der Waals surface area contributed by atoms with Crippen LogP contribution in [0.3, 0.4) is 0 Å². The molecule has 0 unspecified atom stereocenters. The summed E-state index contributed by atoms with van der Waals surface area (Å²) in [4.78, 5) is 38.1. The van der Waals surface area contributed by atoms with Crippen LogP contribution in [0.4, 0.5) is 29.3 Å². The van der Waals surface area contributed by atoms with E-state index < -0.39 is 12.1 Å². The SMILES string of the molecule is COC(=O)N1CCC(CCC(=O)Nc2cc3c(cc2N)CCN(C(=O)C(F)(F)F)CC3)CC1. The molecule has 0 spiro atoms. The minimum Gasteiger partial charge on any atom is -0.453 e. The van der Waals surface area contributed by atoms with Gasteiger partial charge in [-0.1, -0.05) is 0 Å². The molecule has 3 amide bonds. The first-order valence-electron chi connectivity index (χ1n) is 11.0. The van der Waals surface area contributed by atoms with E-state index >= 15 is 0 Å². The molecule has 1 aromatic carbocycles. The zero-order chi connectivity index (χ0) is 24.2. The molecule has 0 aliphatic carbocycles. The highest BCUT2D eigenvalue weighted by Crippen LogP contribution is 2.29. The Morgan fingerprint density at radius 2 is 1.67 bits per heavy atom. The van der Waals surface area contributed by atoms with Crippen molar-refractivity contribution >= 4 is 29.3 Å². The first-order chi connectivity index (χ1) is 15.6. The maximum Gasteiger partial charge on any atom is 0.471 e. The van der Waals surface area contributed by atoms with Crippen LogP contribution in [-0.4, -0.2) is 67.2 Å². The molecule has 3 rings (SSSR count). The Labute approximate surface area is 190 Å². The highest BCUT2D eigenvalue weighted by atomic mass is 19.4. The Hall–Kier alpha value is -2.98. The van der Waals surface area contributed by atoms with E-state index in [1.54, 1.807) is 17.0 Å². The van der Waals surface area contributed by atoms with Gasteiger partial charge in [-0.25, -0.2) is 4.79 Å². The summed E-state index contributed by atoms with van der Waals surface area (Å²) in [5, 5.41) is 2.81. The summed E-state index contributed by atoms with van der Waals surface area (Å²) in [6, 6.07) is 3.36. The van der Waals surface area contributed by atoms with Crippen LogP contribution in [0.2, 0.25) is 0 Å². The summed E-state index contributed by atoms with van der Waals surface area (Å²) in [5.41, 5.74) is 8.39. The fourth-order valence-corrected chi connectivity index (χ4v) is 4.37. The van der Waals surface area contributed by atoms with Crippen LogP contribution >= 0.6 is 0 Å². The van der Waals surface area contributed by atoms with Crippen molar-refractivity contribution in [3.63, 3.8) is 0 Å². The summed E-state index contributed by atoms with van der Waals surface area (Å²) in [6.45, 7) is 1.12. The smallest absolute Gasteiger partial charge is 0.453 e. The standard InChI is InChI=1S/C22H29F3N4O4/c1-33-21(32)29-8-4-14(5-9-29)2-3-19(30)27-18-13-16-7-11-28(20(31)22(23,24)25)10-6-15(16)12-17(18)26/h12-14H,2-11,26H2,1H3,(H,27,30). The van der Waals surface area contributed by atoms with Gasteiger partial charge in [-0.3, -0.25) is 9.59 Å². The molecule has 11 heteroatoms. The van der Waals surface area contributed by atoms with Gasteiger partial charge in [-0.05, 0) is 61.3 Å². The number of nitrogens with zero attached hydrogens (tertiary/aromatic N) is 2. The van der Waals surface area contributed by atoms with E-state index in [1.165, 1.54) is 7.11 Å². The van der Waals surface area contributed by atoms with Crippen LogP contribution in [0.25, 0.3) is 0 Å². The lowest BCUT2D eigenvalue weighted by Gasteiger charge is -2.30. The number of ether oxygens (including phenoxy) is 1. The molecule has 1 fully saturated rings. The van der Waals surface area contributed by atoms with Gasteiger partial charge in [0.1, 0.15) is 0 Å². The normalized spacial score (nSPS) is 17.2. The number of methoxy groups -OCH3 is 1. The van der Waals surface area contributed by atoms with Gasteiger partial charge in [0.2, 0.25) is 5.91 Å². The Morgan fingerprint density at radius 1 is 1.06 bits per heavy atom.